The fourth-order valence-corrected chi connectivity index (χ4v) is 1.56. The van der Waals surface area contributed by atoms with Crippen molar-refractivity contribution < 1.29 is 5.11 Å². The number of hydrogen-bond donors (Lipinski definition) is 1. The third kappa shape index (κ3) is 2.52. The molecule has 0 aliphatic rings. The number of nitrogens with zero attached hydrogens (tertiary/aromatic N) is 1. The van der Waals surface area contributed by atoms with Crippen molar-refractivity contribution in [3.05, 3.63) is 30.1 Å². The zero-order valence-corrected chi connectivity index (χ0v) is 8.27. The van der Waals surface area contributed by atoms with Gasteiger partial charge in [-0.2, -0.15) is 0 Å². The first-order valence-electron chi connectivity index (χ1n) is 4.87. The molecular formula is C11H17NO. The van der Waals surface area contributed by atoms with E-state index < -0.39 is 0 Å². The van der Waals surface area contributed by atoms with Gasteiger partial charge in [-0.3, -0.25) is 4.98 Å². The van der Waals surface area contributed by atoms with Gasteiger partial charge in [0, 0.05) is 12.4 Å². The molecule has 1 heterocycles. The molecule has 0 saturated heterocycles. The molecule has 0 amide bonds. The number of pyridine rings is 1. The molecule has 1 aromatic heterocycles. The van der Waals surface area contributed by atoms with Crippen LogP contribution in [0.25, 0.3) is 0 Å². The molecule has 0 aliphatic carbocycles. The van der Waals surface area contributed by atoms with E-state index in [0.717, 1.165) is 18.4 Å². The van der Waals surface area contributed by atoms with Gasteiger partial charge < -0.3 is 5.11 Å². The zero-order valence-electron chi connectivity index (χ0n) is 8.27. The number of hydrogen-bond acceptors (Lipinski definition) is 2. The third-order valence-electron chi connectivity index (χ3n) is 2.52. The van der Waals surface area contributed by atoms with Crippen LogP contribution in [0, 0.1) is 5.92 Å². The quantitative estimate of drug-likeness (QED) is 0.770. The Hall–Kier alpha value is -0.890. The van der Waals surface area contributed by atoms with Gasteiger partial charge in [-0.15, -0.1) is 0 Å². The van der Waals surface area contributed by atoms with Crippen LogP contribution < -0.4 is 0 Å². The highest BCUT2D eigenvalue weighted by Gasteiger charge is 2.16. The molecule has 1 unspecified atom stereocenters. The predicted octanol–water partition coefficient (Wildman–Crippen LogP) is 2.55. The van der Waals surface area contributed by atoms with Crippen LogP contribution in [0.2, 0.25) is 0 Å². The van der Waals surface area contributed by atoms with Gasteiger partial charge in [0.1, 0.15) is 0 Å². The van der Waals surface area contributed by atoms with Gasteiger partial charge in [-0.05, 0) is 17.5 Å². The Balaban J connectivity index is 2.72. The summed E-state index contributed by atoms with van der Waals surface area (Å²) in [6.45, 7) is 4.21. The highest BCUT2D eigenvalue weighted by Crippen LogP contribution is 2.25. The van der Waals surface area contributed by atoms with Crippen molar-refractivity contribution in [3.8, 4) is 0 Å². The molecule has 0 aliphatic heterocycles. The van der Waals surface area contributed by atoms with E-state index in [1.807, 2.05) is 12.1 Å². The van der Waals surface area contributed by atoms with Crippen molar-refractivity contribution in [1.29, 1.82) is 0 Å². The number of rotatable bonds is 4. The first kappa shape index (κ1) is 10.2. The van der Waals surface area contributed by atoms with Crippen molar-refractivity contribution >= 4 is 0 Å². The van der Waals surface area contributed by atoms with Gasteiger partial charge in [0.2, 0.25) is 0 Å². The minimum Gasteiger partial charge on any atom is -0.388 e. The van der Waals surface area contributed by atoms with Crippen LogP contribution in [0.4, 0.5) is 0 Å². The average molecular weight is 179 g/mol. The molecule has 1 rings (SSSR count). The summed E-state index contributed by atoms with van der Waals surface area (Å²) < 4.78 is 0. The normalized spacial score (nSPS) is 13.2. The van der Waals surface area contributed by atoms with Crippen molar-refractivity contribution in [2.24, 2.45) is 5.92 Å². The molecule has 13 heavy (non-hydrogen) atoms. The minimum atomic E-state index is -0.358. The van der Waals surface area contributed by atoms with Gasteiger partial charge >= 0.3 is 0 Å². The molecule has 0 radical (unpaired) electrons. The second-order valence-corrected chi connectivity index (χ2v) is 3.31. The van der Waals surface area contributed by atoms with E-state index in [9.17, 15) is 5.11 Å². The Kier molecular flexibility index (Phi) is 3.90. The van der Waals surface area contributed by atoms with Gasteiger partial charge in [0.05, 0.1) is 6.10 Å². The van der Waals surface area contributed by atoms with E-state index in [1.54, 1.807) is 12.4 Å². The van der Waals surface area contributed by atoms with Crippen molar-refractivity contribution in [2.45, 2.75) is 32.8 Å². The second kappa shape index (κ2) is 4.97. The molecule has 1 N–H and O–H groups in total. The smallest absolute Gasteiger partial charge is 0.0832 e. The number of aliphatic hydroxyl groups excluding tert-OH is 1. The standard InChI is InChI=1S/C11H17NO/c1-3-9(4-2)11(13)10-6-5-7-12-8-10/h5-9,11,13H,3-4H2,1-2H3. The van der Waals surface area contributed by atoms with E-state index in [0.29, 0.717) is 5.92 Å². The molecule has 1 atom stereocenters. The summed E-state index contributed by atoms with van der Waals surface area (Å²) in [6.07, 6.45) is 5.12. The Labute approximate surface area is 79.6 Å². The summed E-state index contributed by atoms with van der Waals surface area (Å²) in [7, 11) is 0. The first-order chi connectivity index (χ1) is 6.29. The first-order valence-corrected chi connectivity index (χ1v) is 4.87. The summed E-state index contributed by atoms with van der Waals surface area (Å²) in [5.74, 6) is 0.351. The molecule has 72 valence electrons. The van der Waals surface area contributed by atoms with Crippen LogP contribution in [-0.4, -0.2) is 10.1 Å². The Morgan fingerprint density at radius 1 is 1.38 bits per heavy atom. The average Bonchev–Trinajstić information content (AvgIpc) is 2.21. The molecule has 0 spiro atoms. The van der Waals surface area contributed by atoms with E-state index in [1.165, 1.54) is 0 Å². The van der Waals surface area contributed by atoms with Gasteiger partial charge in [0.25, 0.3) is 0 Å². The summed E-state index contributed by atoms with van der Waals surface area (Å²) in [5.41, 5.74) is 0.927. The lowest BCUT2D eigenvalue weighted by Crippen LogP contribution is -2.10. The van der Waals surface area contributed by atoms with Crippen LogP contribution in [-0.2, 0) is 0 Å². The molecule has 0 aromatic carbocycles. The zero-order chi connectivity index (χ0) is 9.68. The molecule has 2 heteroatoms. The van der Waals surface area contributed by atoms with Crippen LogP contribution in [0.1, 0.15) is 38.4 Å². The Morgan fingerprint density at radius 2 is 2.08 bits per heavy atom. The summed E-state index contributed by atoms with van der Waals surface area (Å²) >= 11 is 0. The topological polar surface area (TPSA) is 33.1 Å². The predicted molar refractivity (Wildman–Crippen MR) is 53.3 cm³/mol. The van der Waals surface area contributed by atoms with Crippen LogP contribution in [0.5, 0.6) is 0 Å². The lowest BCUT2D eigenvalue weighted by Gasteiger charge is -2.19. The van der Waals surface area contributed by atoms with E-state index in [4.69, 9.17) is 0 Å². The summed E-state index contributed by atoms with van der Waals surface area (Å²) in [6, 6.07) is 3.79. The van der Waals surface area contributed by atoms with Crippen molar-refractivity contribution in [2.75, 3.05) is 0 Å². The van der Waals surface area contributed by atoms with Crippen LogP contribution in [0.3, 0.4) is 0 Å². The fourth-order valence-electron chi connectivity index (χ4n) is 1.56. The summed E-state index contributed by atoms with van der Waals surface area (Å²) in [4.78, 5) is 4.00. The number of aliphatic hydroxyl groups is 1. The number of aromatic nitrogens is 1. The second-order valence-electron chi connectivity index (χ2n) is 3.31. The monoisotopic (exact) mass is 179 g/mol. The van der Waals surface area contributed by atoms with Gasteiger partial charge in [-0.1, -0.05) is 32.8 Å². The molecule has 0 fully saturated rings. The molecule has 1 aromatic rings. The molecule has 0 bridgehead atoms. The maximum absolute atomic E-state index is 9.94. The highest BCUT2D eigenvalue weighted by molar-refractivity contribution is 5.12. The molecular weight excluding hydrogens is 162 g/mol. The van der Waals surface area contributed by atoms with Gasteiger partial charge in [-0.25, -0.2) is 0 Å². The SMILES string of the molecule is CCC(CC)C(O)c1cccnc1. The van der Waals surface area contributed by atoms with E-state index in [-0.39, 0.29) is 6.10 Å². The lowest BCUT2D eigenvalue weighted by molar-refractivity contribution is 0.103. The van der Waals surface area contributed by atoms with Crippen LogP contribution >= 0.6 is 0 Å². The van der Waals surface area contributed by atoms with E-state index in [2.05, 4.69) is 18.8 Å². The maximum Gasteiger partial charge on any atom is 0.0832 e. The molecule has 2 nitrogen and oxygen atoms in total. The third-order valence-corrected chi connectivity index (χ3v) is 2.52. The van der Waals surface area contributed by atoms with Crippen LogP contribution in [0.15, 0.2) is 24.5 Å². The maximum atomic E-state index is 9.94. The summed E-state index contributed by atoms with van der Waals surface area (Å²) in [5, 5.41) is 9.94. The van der Waals surface area contributed by atoms with Gasteiger partial charge in [0.15, 0.2) is 0 Å². The van der Waals surface area contributed by atoms with Crippen molar-refractivity contribution in [1.82, 2.24) is 4.98 Å². The highest BCUT2D eigenvalue weighted by atomic mass is 16.3. The Morgan fingerprint density at radius 3 is 2.54 bits per heavy atom. The largest absolute Gasteiger partial charge is 0.388 e. The Bertz CT molecular complexity index is 231. The molecule has 0 saturated carbocycles. The van der Waals surface area contributed by atoms with E-state index >= 15 is 0 Å². The minimum absolute atomic E-state index is 0.351. The van der Waals surface area contributed by atoms with Crippen molar-refractivity contribution in [3.63, 3.8) is 0 Å². The fraction of sp³-hybridized carbons (Fsp3) is 0.545. The lowest BCUT2D eigenvalue weighted by atomic mass is 9.92.